The van der Waals surface area contributed by atoms with Gasteiger partial charge in [-0.3, -0.25) is 0 Å². The summed E-state index contributed by atoms with van der Waals surface area (Å²) in [7, 11) is 1.75. The van der Waals surface area contributed by atoms with Crippen LogP contribution in [0.3, 0.4) is 0 Å². The van der Waals surface area contributed by atoms with Crippen LogP contribution in [0.15, 0.2) is 0 Å². The molecule has 15 heavy (non-hydrogen) atoms. The van der Waals surface area contributed by atoms with Gasteiger partial charge in [0, 0.05) is 20.2 Å². The summed E-state index contributed by atoms with van der Waals surface area (Å²) in [5.74, 6) is 1.97. The van der Waals surface area contributed by atoms with Crippen molar-refractivity contribution < 1.29 is 4.74 Å². The molecule has 0 saturated heterocycles. The van der Waals surface area contributed by atoms with Gasteiger partial charge in [0.05, 0.1) is 6.61 Å². The largest absolute Gasteiger partial charge is 0.383 e. The Morgan fingerprint density at radius 2 is 2.07 bits per heavy atom. The van der Waals surface area contributed by atoms with E-state index in [2.05, 4.69) is 32.3 Å². The second-order valence-electron chi connectivity index (χ2n) is 4.72. The molecular weight excluding hydrogens is 206 g/mol. The fourth-order valence-corrected chi connectivity index (χ4v) is 2.14. The van der Waals surface area contributed by atoms with Gasteiger partial charge in [-0.05, 0) is 29.8 Å². The molecule has 0 spiro atoms. The van der Waals surface area contributed by atoms with E-state index in [4.69, 9.17) is 4.74 Å². The summed E-state index contributed by atoms with van der Waals surface area (Å²) < 4.78 is 5.03. The summed E-state index contributed by atoms with van der Waals surface area (Å²) in [5.41, 5.74) is 0.413. The van der Waals surface area contributed by atoms with Crippen LogP contribution in [-0.4, -0.2) is 38.8 Å². The predicted octanol–water partition coefficient (Wildman–Crippen LogP) is 2.64. The lowest BCUT2D eigenvalue weighted by atomic mass is 9.77. The molecule has 1 unspecified atom stereocenters. The summed E-state index contributed by atoms with van der Waals surface area (Å²) in [6.45, 7) is 9.87. The smallest absolute Gasteiger partial charge is 0.0587 e. The zero-order chi connectivity index (χ0) is 11.7. The van der Waals surface area contributed by atoms with Crippen molar-refractivity contribution in [3.8, 4) is 0 Å². The SMILES string of the molecule is COCCNCC(C)(CCSC)C(C)C. The number of rotatable bonds is 9. The third-order valence-electron chi connectivity index (χ3n) is 3.28. The monoisotopic (exact) mass is 233 g/mol. The van der Waals surface area contributed by atoms with Gasteiger partial charge in [-0.2, -0.15) is 11.8 Å². The molecule has 0 aliphatic carbocycles. The Morgan fingerprint density at radius 3 is 2.53 bits per heavy atom. The van der Waals surface area contributed by atoms with Gasteiger partial charge in [-0.25, -0.2) is 0 Å². The Balaban J connectivity index is 3.90. The molecule has 1 N–H and O–H groups in total. The average Bonchev–Trinajstić information content (AvgIpc) is 2.21. The molecule has 0 heterocycles. The third-order valence-corrected chi connectivity index (χ3v) is 3.90. The van der Waals surface area contributed by atoms with Crippen molar-refractivity contribution >= 4 is 11.8 Å². The normalized spacial score (nSPS) is 15.6. The maximum absolute atomic E-state index is 5.03. The van der Waals surface area contributed by atoms with Gasteiger partial charge in [-0.15, -0.1) is 0 Å². The van der Waals surface area contributed by atoms with Crippen LogP contribution >= 0.6 is 11.8 Å². The van der Waals surface area contributed by atoms with Gasteiger partial charge >= 0.3 is 0 Å². The van der Waals surface area contributed by atoms with Crippen LogP contribution in [0.2, 0.25) is 0 Å². The Kier molecular flexibility index (Phi) is 8.58. The minimum Gasteiger partial charge on any atom is -0.383 e. The van der Waals surface area contributed by atoms with Crippen LogP contribution in [0.5, 0.6) is 0 Å². The number of ether oxygens (including phenoxy) is 1. The molecule has 92 valence electrons. The Hall–Kier alpha value is 0.270. The summed E-state index contributed by atoms with van der Waals surface area (Å²) in [4.78, 5) is 0. The zero-order valence-electron chi connectivity index (χ0n) is 10.9. The van der Waals surface area contributed by atoms with Crippen LogP contribution in [0.1, 0.15) is 27.2 Å². The molecule has 0 aliphatic heterocycles. The van der Waals surface area contributed by atoms with E-state index < -0.39 is 0 Å². The van der Waals surface area contributed by atoms with Crippen molar-refractivity contribution in [3.63, 3.8) is 0 Å². The lowest BCUT2D eigenvalue weighted by Gasteiger charge is -2.34. The highest BCUT2D eigenvalue weighted by Gasteiger charge is 2.27. The third kappa shape index (κ3) is 6.44. The minimum atomic E-state index is 0.413. The second kappa shape index (κ2) is 8.43. The van der Waals surface area contributed by atoms with E-state index in [1.54, 1.807) is 7.11 Å². The summed E-state index contributed by atoms with van der Waals surface area (Å²) in [6.07, 6.45) is 3.46. The van der Waals surface area contributed by atoms with Crippen molar-refractivity contribution in [2.45, 2.75) is 27.2 Å². The summed E-state index contributed by atoms with van der Waals surface area (Å²) >= 11 is 1.94. The molecule has 0 aromatic rings. The van der Waals surface area contributed by atoms with E-state index in [1.165, 1.54) is 12.2 Å². The highest BCUT2D eigenvalue weighted by atomic mass is 32.2. The number of hydrogen-bond acceptors (Lipinski definition) is 3. The van der Waals surface area contributed by atoms with Crippen LogP contribution in [0, 0.1) is 11.3 Å². The molecule has 0 amide bonds. The van der Waals surface area contributed by atoms with Crippen molar-refractivity contribution in [1.29, 1.82) is 0 Å². The van der Waals surface area contributed by atoms with E-state index in [1.807, 2.05) is 11.8 Å². The van der Waals surface area contributed by atoms with Gasteiger partial charge in [0.15, 0.2) is 0 Å². The minimum absolute atomic E-state index is 0.413. The van der Waals surface area contributed by atoms with Gasteiger partial charge in [0.1, 0.15) is 0 Å². The second-order valence-corrected chi connectivity index (χ2v) is 5.71. The molecule has 0 radical (unpaired) electrons. The van der Waals surface area contributed by atoms with Crippen molar-refractivity contribution in [2.75, 3.05) is 38.8 Å². The van der Waals surface area contributed by atoms with E-state index in [0.717, 1.165) is 25.6 Å². The van der Waals surface area contributed by atoms with Crippen LogP contribution in [0.4, 0.5) is 0 Å². The van der Waals surface area contributed by atoms with Crippen LogP contribution in [0.25, 0.3) is 0 Å². The molecule has 0 fully saturated rings. The molecule has 2 nitrogen and oxygen atoms in total. The molecule has 3 heteroatoms. The molecular formula is C12H27NOS. The molecule has 0 aromatic carbocycles. The topological polar surface area (TPSA) is 21.3 Å². The molecule has 0 aliphatic rings. The molecule has 0 aromatic heterocycles. The highest BCUT2D eigenvalue weighted by Crippen LogP contribution is 2.31. The van der Waals surface area contributed by atoms with Gasteiger partial charge < -0.3 is 10.1 Å². The average molecular weight is 233 g/mol. The first-order chi connectivity index (χ1) is 7.06. The predicted molar refractivity (Wildman–Crippen MR) is 70.7 cm³/mol. The fraction of sp³-hybridized carbons (Fsp3) is 1.00. The molecule has 0 bridgehead atoms. The number of thioether (sulfide) groups is 1. The Bertz CT molecular complexity index is 153. The molecule has 0 rings (SSSR count). The first kappa shape index (κ1) is 15.3. The first-order valence-electron chi connectivity index (χ1n) is 5.75. The summed E-state index contributed by atoms with van der Waals surface area (Å²) in [6, 6.07) is 0. The summed E-state index contributed by atoms with van der Waals surface area (Å²) in [5, 5.41) is 3.48. The maximum Gasteiger partial charge on any atom is 0.0587 e. The highest BCUT2D eigenvalue weighted by molar-refractivity contribution is 7.98. The molecule has 0 saturated carbocycles. The lowest BCUT2D eigenvalue weighted by molar-refractivity contribution is 0.173. The van der Waals surface area contributed by atoms with E-state index in [0.29, 0.717) is 5.41 Å². The molecule has 1 atom stereocenters. The standard InChI is InChI=1S/C12H27NOS/c1-11(2)12(3,6-9-15-5)10-13-7-8-14-4/h11,13H,6-10H2,1-5H3. The van der Waals surface area contributed by atoms with Gasteiger partial charge in [0.2, 0.25) is 0 Å². The lowest BCUT2D eigenvalue weighted by Crippen LogP contribution is -2.37. The Labute approximate surface area is 99.5 Å². The zero-order valence-corrected chi connectivity index (χ0v) is 11.7. The van der Waals surface area contributed by atoms with Crippen molar-refractivity contribution in [2.24, 2.45) is 11.3 Å². The van der Waals surface area contributed by atoms with E-state index in [-0.39, 0.29) is 0 Å². The van der Waals surface area contributed by atoms with E-state index in [9.17, 15) is 0 Å². The van der Waals surface area contributed by atoms with Gasteiger partial charge in [0.25, 0.3) is 0 Å². The van der Waals surface area contributed by atoms with Crippen molar-refractivity contribution in [1.82, 2.24) is 5.32 Å². The number of hydrogen-bond donors (Lipinski definition) is 1. The van der Waals surface area contributed by atoms with E-state index >= 15 is 0 Å². The van der Waals surface area contributed by atoms with Crippen LogP contribution in [-0.2, 0) is 4.74 Å². The maximum atomic E-state index is 5.03. The Morgan fingerprint density at radius 1 is 1.40 bits per heavy atom. The first-order valence-corrected chi connectivity index (χ1v) is 7.15. The fourth-order valence-electron chi connectivity index (χ4n) is 1.46. The van der Waals surface area contributed by atoms with Crippen molar-refractivity contribution in [3.05, 3.63) is 0 Å². The number of nitrogens with one attached hydrogen (secondary N) is 1. The number of methoxy groups -OCH3 is 1. The van der Waals surface area contributed by atoms with Gasteiger partial charge in [-0.1, -0.05) is 20.8 Å². The van der Waals surface area contributed by atoms with Crippen LogP contribution < -0.4 is 5.32 Å². The quantitative estimate of drug-likeness (QED) is 0.619.